The maximum atomic E-state index is 12.4. The Morgan fingerprint density at radius 1 is 1.64 bits per heavy atom. The summed E-state index contributed by atoms with van der Waals surface area (Å²) in [6, 6.07) is 2.52. The van der Waals surface area contributed by atoms with Gasteiger partial charge in [-0.05, 0) is 6.07 Å². The summed E-state index contributed by atoms with van der Waals surface area (Å²) in [5.74, 6) is 0. The Kier molecular flexibility index (Phi) is 3.33. The van der Waals surface area contributed by atoms with Crippen LogP contribution in [0.4, 0.5) is 8.78 Å². The molecule has 0 aliphatic heterocycles. The van der Waals surface area contributed by atoms with Crippen molar-refractivity contribution in [3.8, 4) is 6.07 Å². The number of rotatable bonds is 2. The number of nitrogens with zero attached hydrogens (tertiary/aromatic N) is 2. The van der Waals surface area contributed by atoms with E-state index in [9.17, 15) is 8.78 Å². The van der Waals surface area contributed by atoms with Gasteiger partial charge in [0.15, 0.2) is 0 Å². The quantitative estimate of drug-likeness (QED) is 0.773. The molecule has 1 heterocycles. The second kappa shape index (κ2) is 4.31. The minimum atomic E-state index is -2.79. The molecule has 0 fully saturated rings. The van der Waals surface area contributed by atoms with Crippen molar-refractivity contribution in [1.82, 2.24) is 4.98 Å². The van der Waals surface area contributed by atoms with E-state index in [1.54, 1.807) is 6.07 Å². The summed E-state index contributed by atoms with van der Waals surface area (Å²) in [6.07, 6.45) is -2.79. The zero-order valence-corrected chi connectivity index (χ0v) is 7.59. The van der Waals surface area contributed by atoms with Crippen LogP contribution in [0.5, 0.6) is 0 Å². The van der Waals surface area contributed by atoms with Crippen LogP contribution in [0.1, 0.15) is 23.2 Å². The minimum Gasteiger partial charge on any atom is -0.392 e. The van der Waals surface area contributed by atoms with Gasteiger partial charge >= 0.3 is 0 Å². The highest BCUT2D eigenvalue weighted by Crippen LogP contribution is 2.27. The van der Waals surface area contributed by atoms with Gasteiger partial charge in [-0.2, -0.15) is 5.26 Å². The first-order valence-corrected chi connectivity index (χ1v) is 3.96. The number of halogens is 3. The first-order valence-electron chi connectivity index (χ1n) is 3.58. The van der Waals surface area contributed by atoms with Crippen molar-refractivity contribution < 1.29 is 13.9 Å². The number of alkyl halides is 2. The molecule has 14 heavy (non-hydrogen) atoms. The lowest BCUT2D eigenvalue weighted by molar-refractivity contribution is 0.147. The van der Waals surface area contributed by atoms with Crippen molar-refractivity contribution in [1.29, 1.82) is 5.26 Å². The van der Waals surface area contributed by atoms with Gasteiger partial charge in [-0.3, -0.25) is 0 Å². The molecule has 0 aromatic carbocycles. The topological polar surface area (TPSA) is 56.9 Å². The lowest BCUT2D eigenvalue weighted by Gasteiger charge is -2.07. The lowest BCUT2D eigenvalue weighted by Crippen LogP contribution is -2.00. The molecule has 1 aromatic rings. The molecule has 3 nitrogen and oxygen atoms in total. The molecule has 0 aliphatic rings. The maximum Gasteiger partial charge on any atom is 0.264 e. The van der Waals surface area contributed by atoms with E-state index in [-0.39, 0.29) is 16.4 Å². The molecule has 1 aromatic heterocycles. The Labute approximate surface area is 83.6 Å². The van der Waals surface area contributed by atoms with Crippen LogP contribution >= 0.6 is 11.6 Å². The predicted molar refractivity (Wildman–Crippen MR) is 44.8 cm³/mol. The highest BCUT2D eigenvalue weighted by Gasteiger charge is 2.17. The van der Waals surface area contributed by atoms with Gasteiger partial charge in [-0.25, -0.2) is 13.8 Å². The summed E-state index contributed by atoms with van der Waals surface area (Å²) in [4.78, 5) is 3.52. The summed E-state index contributed by atoms with van der Waals surface area (Å²) in [5.41, 5.74) is -0.785. The largest absolute Gasteiger partial charge is 0.392 e. The third-order valence-corrected chi connectivity index (χ3v) is 1.93. The van der Waals surface area contributed by atoms with Crippen LogP contribution in [0.25, 0.3) is 0 Å². The highest BCUT2D eigenvalue weighted by atomic mass is 35.5. The van der Waals surface area contributed by atoms with Crippen LogP contribution in [0.2, 0.25) is 5.15 Å². The van der Waals surface area contributed by atoms with Gasteiger partial charge < -0.3 is 5.11 Å². The third kappa shape index (κ3) is 1.97. The predicted octanol–water partition coefficient (Wildman–Crippen LogP) is 2.04. The molecule has 1 rings (SSSR count). The molecule has 0 atom stereocenters. The second-order valence-corrected chi connectivity index (χ2v) is 2.79. The smallest absolute Gasteiger partial charge is 0.264 e. The normalized spacial score (nSPS) is 10.3. The number of aliphatic hydroxyl groups is 1. The van der Waals surface area contributed by atoms with Crippen molar-refractivity contribution in [3.05, 3.63) is 28.0 Å². The minimum absolute atomic E-state index is 0.138. The van der Waals surface area contributed by atoms with Crippen LogP contribution < -0.4 is 0 Å². The van der Waals surface area contributed by atoms with Gasteiger partial charge in [-0.1, -0.05) is 11.6 Å². The van der Waals surface area contributed by atoms with Crippen molar-refractivity contribution in [3.63, 3.8) is 0 Å². The number of aromatic nitrogens is 1. The molecule has 74 valence electrons. The van der Waals surface area contributed by atoms with E-state index >= 15 is 0 Å². The van der Waals surface area contributed by atoms with Crippen molar-refractivity contribution in [2.45, 2.75) is 13.0 Å². The first-order chi connectivity index (χ1) is 6.60. The summed E-state index contributed by atoms with van der Waals surface area (Å²) in [7, 11) is 0. The van der Waals surface area contributed by atoms with E-state index in [1.807, 2.05) is 0 Å². The Hall–Kier alpha value is -1.25. The molecule has 0 saturated heterocycles. The molecule has 0 saturated carbocycles. The monoisotopic (exact) mass is 218 g/mol. The zero-order chi connectivity index (χ0) is 10.7. The maximum absolute atomic E-state index is 12.4. The van der Waals surface area contributed by atoms with Crippen LogP contribution in [0, 0.1) is 11.3 Å². The molecule has 0 amide bonds. The molecule has 0 radical (unpaired) electrons. The molecule has 0 aliphatic carbocycles. The number of pyridine rings is 1. The SMILES string of the molecule is N#Cc1cc(C(F)F)c(CO)c(Cl)n1. The molecular formula is C8H5ClF2N2O. The molecule has 1 N–H and O–H groups in total. The molecular weight excluding hydrogens is 214 g/mol. The standard InChI is InChI=1S/C8H5ClF2N2O/c9-7-6(3-14)5(8(10)11)1-4(2-12)13-7/h1,8,14H,3H2. The Morgan fingerprint density at radius 3 is 2.71 bits per heavy atom. The van der Waals surface area contributed by atoms with Crippen molar-refractivity contribution in [2.75, 3.05) is 0 Å². The van der Waals surface area contributed by atoms with Crippen molar-refractivity contribution >= 4 is 11.6 Å². The fourth-order valence-electron chi connectivity index (χ4n) is 0.968. The van der Waals surface area contributed by atoms with Gasteiger partial charge in [0.05, 0.1) is 6.61 Å². The highest BCUT2D eigenvalue weighted by molar-refractivity contribution is 6.30. The summed E-state index contributed by atoms with van der Waals surface area (Å²) < 4.78 is 24.8. The van der Waals surface area contributed by atoms with Crippen molar-refractivity contribution in [2.24, 2.45) is 0 Å². The summed E-state index contributed by atoms with van der Waals surface area (Å²) in [6.45, 7) is -0.628. The van der Waals surface area contributed by atoms with Crippen LogP contribution in [-0.2, 0) is 6.61 Å². The average Bonchev–Trinajstić information content (AvgIpc) is 2.16. The van der Waals surface area contributed by atoms with Gasteiger partial charge in [0.2, 0.25) is 0 Å². The number of hydrogen-bond donors (Lipinski definition) is 1. The van der Waals surface area contributed by atoms with Crippen LogP contribution in [0.3, 0.4) is 0 Å². The van der Waals surface area contributed by atoms with Crippen LogP contribution in [-0.4, -0.2) is 10.1 Å². The number of aliphatic hydroxyl groups excluding tert-OH is 1. The molecule has 0 bridgehead atoms. The van der Waals surface area contributed by atoms with Gasteiger partial charge in [-0.15, -0.1) is 0 Å². The second-order valence-electron chi connectivity index (χ2n) is 2.44. The van der Waals surface area contributed by atoms with E-state index in [0.29, 0.717) is 0 Å². The van der Waals surface area contributed by atoms with E-state index in [1.165, 1.54) is 0 Å². The zero-order valence-electron chi connectivity index (χ0n) is 6.84. The fourth-order valence-corrected chi connectivity index (χ4v) is 1.23. The Morgan fingerprint density at radius 2 is 2.29 bits per heavy atom. The van der Waals surface area contributed by atoms with E-state index in [2.05, 4.69) is 4.98 Å². The van der Waals surface area contributed by atoms with E-state index in [0.717, 1.165) is 6.07 Å². The van der Waals surface area contributed by atoms with E-state index < -0.39 is 18.6 Å². The third-order valence-electron chi connectivity index (χ3n) is 1.62. The number of nitriles is 1. The van der Waals surface area contributed by atoms with E-state index in [4.69, 9.17) is 22.0 Å². The summed E-state index contributed by atoms with van der Waals surface area (Å²) in [5, 5.41) is 17.0. The van der Waals surface area contributed by atoms with Gasteiger partial charge in [0, 0.05) is 11.1 Å². The fraction of sp³-hybridized carbons (Fsp3) is 0.250. The molecule has 0 unspecified atom stereocenters. The number of hydrogen-bond acceptors (Lipinski definition) is 3. The van der Waals surface area contributed by atoms with Gasteiger partial charge in [0.1, 0.15) is 16.9 Å². The van der Waals surface area contributed by atoms with Crippen LogP contribution in [0.15, 0.2) is 6.07 Å². The Balaban J connectivity index is 3.37. The lowest BCUT2D eigenvalue weighted by atomic mass is 10.1. The first kappa shape index (κ1) is 10.8. The van der Waals surface area contributed by atoms with Gasteiger partial charge in [0.25, 0.3) is 6.43 Å². The summed E-state index contributed by atoms with van der Waals surface area (Å²) >= 11 is 5.50. The molecule has 0 spiro atoms. The molecule has 6 heteroatoms. The average molecular weight is 219 g/mol. The Bertz CT molecular complexity index is 390.